The molecule has 3 heterocycles. The molecule has 0 aromatic carbocycles. The van der Waals surface area contributed by atoms with Gasteiger partial charge in [-0.1, -0.05) is 0 Å². The van der Waals surface area contributed by atoms with Crippen LogP contribution in [0.15, 0.2) is 18.5 Å². The van der Waals surface area contributed by atoms with Gasteiger partial charge in [0.15, 0.2) is 5.69 Å². The van der Waals surface area contributed by atoms with Crippen LogP contribution in [0.1, 0.15) is 34.0 Å². The average molecular weight is 326 g/mol. The molecule has 3 rings (SSSR count). The van der Waals surface area contributed by atoms with Crippen LogP contribution in [0, 0.1) is 12.8 Å². The lowest BCUT2D eigenvalue weighted by molar-refractivity contribution is -0.141. The van der Waals surface area contributed by atoms with Gasteiger partial charge in [0.05, 0.1) is 5.56 Å². The summed E-state index contributed by atoms with van der Waals surface area (Å²) in [4.78, 5) is 18.6. The summed E-state index contributed by atoms with van der Waals surface area (Å²) in [5.74, 6) is 0.388. The summed E-state index contributed by atoms with van der Waals surface area (Å²) in [7, 11) is 0. The molecule has 1 aliphatic rings. The molecule has 0 fully saturated rings. The van der Waals surface area contributed by atoms with Crippen LogP contribution >= 0.6 is 0 Å². The highest BCUT2D eigenvalue weighted by molar-refractivity contribution is 5.95. The first-order chi connectivity index (χ1) is 10.8. The predicted molar refractivity (Wildman–Crippen MR) is 76.9 cm³/mol. The second-order valence-electron chi connectivity index (χ2n) is 5.82. The number of amides is 1. The molecule has 5 nitrogen and oxygen atoms in total. The van der Waals surface area contributed by atoms with Crippen molar-refractivity contribution in [2.45, 2.75) is 32.5 Å². The maximum atomic E-state index is 12.7. The van der Waals surface area contributed by atoms with Gasteiger partial charge in [0.2, 0.25) is 0 Å². The summed E-state index contributed by atoms with van der Waals surface area (Å²) in [6, 6.07) is 1.70. The monoisotopic (exact) mass is 326 g/mol. The molecule has 2 aromatic heterocycles. The molecule has 0 saturated carbocycles. The van der Waals surface area contributed by atoms with Crippen LogP contribution in [0.3, 0.4) is 0 Å². The summed E-state index contributed by atoms with van der Waals surface area (Å²) < 4.78 is 39.6. The van der Waals surface area contributed by atoms with Crippen LogP contribution < -0.4 is 5.32 Å². The molecule has 0 bridgehead atoms. The van der Waals surface area contributed by atoms with Gasteiger partial charge in [0.25, 0.3) is 5.91 Å². The third kappa shape index (κ3) is 3.25. The number of aromatic nitrogens is 3. The lowest BCUT2D eigenvalue weighted by Crippen LogP contribution is -2.33. The Morgan fingerprint density at radius 1 is 1.52 bits per heavy atom. The molecule has 1 amide bonds. The van der Waals surface area contributed by atoms with E-state index in [1.807, 2.05) is 6.92 Å². The second kappa shape index (κ2) is 5.75. The SMILES string of the molecule is Cc1[nH]ccc1C(=O)NC[C@@H]1CCc2nc(C(F)(F)F)cn2C1. The quantitative estimate of drug-likeness (QED) is 0.910. The van der Waals surface area contributed by atoms with Gasteiger partial charge in [-0.3, -0.25) is 4.79 Å². The number of rotatable bonds is 3. The average Bonchev–Trinajstić information content (AvgIpc) is 3.09. The number of fused-ring (bicyclic) bond motifs is 1. The zero-order valence-corrected chi connectivity index (χ0v) is 12.6. The number of hydrogen-bond donors (Lipinski definition) is 2. The van der Waals surface area contributed by atoms with E-state index in [0.717, 1.165) is 11.9 Å². The van der Waals surface area contributed by atoms with Crippen LogP contribution in [-0.4, -0.2) is 27.0 Å². The molecule has 0 unspecified atom stereocenters. The molecular weight excluding hydrogens is 309 g/mol. The van der Waals surface area contributed by atoms with Crippen LogP contribution in [0.25, 0.3) is 0 Å². The molecule has 1 aliphatic heterocycles. The standard InChI is InChI=1S/C15H17F3N4O/c1-9-11(4-5-19-9)14(23)20-6-10-2-3-13-21-12(15(16,17)18)8-22(13)7-10/h4-5,8,10,19H,2-3,6-7H2,1H3,(H,20,23)/t10-/m0/s1. The minimum absolute atomic E-state index is 0.0981. The van der Waals surface area contributed by atoms with Gasteiger partial charge < -0.3 is 14.9 Å². The lowest BCUT2D eigenvalue weighted by atomic mass is 9.99. The van der Waals surface area contributed by atoms with E-state index in [1.54, 1.807) is 16.8 Å². The van der Waals surface area contributed by atoms with Crippen molar-refractivity contribution in [2.24, 2.45) is 5.92 Å². The first-order valence-electron chi connectivity index (χ1n) is 7.40. The molecule has 8 heteroatoms. The van der Waals surface area contributed by atoms with Crippen LogP contribution in [-0.2, 0) is 19.1 Å². The number of carbonyl (C=O) groups is 1. The third-order valence-corrected chi connectivity index (χ3v) is 4.13. The van der Waals surface area contributed by atoms with E-state index in [9.17, 15) is 18.0 Å². The highest BCUT2D eigenvalue weighted by Gasteiger charge is 2.35. The maximum absolute atomic E-state index is 12.7. The van der Waals surface area contributed by atoms with E-state index in [4.69, 9.17) is 0 Å². The number of imidazole rings is 1. The number of nitrogens with zero attached hydrogens (tertiary/aromatic N) is 2. The van der Waals surface area contributed by atoms with Gasteiger partial charge in [-0.15, -0.1) is 0 Å². The molecular formula is C15H17F3N4O. The van der Waals surface area contributed by atoms with E-state index < -0.39 is 11.9 Å². The molecule has 1 atom stereocenters. The third-order valence-electron chi connectivity index (χ3n) is 4.13. The number of aryl methyl sites for hydroxylation is 2. The van der Waals surface area contributed by atoms with E-state index >= 15 is 0 Å². The number of hydrogen-bond acceptors (Lipinski definition) is 2. The molecule has 0 radical (unpaired) electrons. The number of halogens is 3. The van der Waals surface area contributed by atoms with Crippen molar-refractivity contribution in [1.82, 2.24) is 19.9 Å². The zero-order valence-electron chi connectivity index (χ0n) is 12.6. The number of aromatic amines is 1. The number of carbonyl (C=O) groups excluding carboxylic acids is 1. The molecule has 124 valence electrons. The van der Waals surface area contributed by atoms with Gasteiger partial charge in [0, 0.05) is 37.6 Å². The lowest BCUT2D eigenvalue weighted by Gasteiger charge is -2.23. The Morgan fingerprint density at radius 3 is 2.96 bits per heavy atom. The van der Waals surface area contributed by atoms with Gasteiger partial charge in [-0.25, -0.2) is 4.98 Å². The summed E-state index contributed by atoms with van der Waals surface area (Å²) in [6.07, 6.45) is -0.471. The Kier molecular flexibility index (Phi) is 3.91. The number of alkyl halides is 3. The minimum Gasteiger partial charge on any atom is -0.365 e. The Bertz CT molecular complexity index is 717. The maximum Gasteiger partial charge on any atom is 0.434 e. The second-order valence-corrected chi connectivity index (χ2v) is 5.82. The minimum atomic E-state index is -4.42. The normalized spacial score (nSPS) is 17.8. The van der Waals surface area contributed by atoms with E-state index in [-0.39, 0.29) is 11.8 Å². The summed E-state index contributed by atoms with van der Waals surface area (Å²) in [6.45, 7) is 2.68. The Labute approximate surface area is 130 Å². The van der Waals surface area contributed by atoms with E-state index in [1.165, 1.54) is 0 Å². The van der Waals surface area contributed by atoms with Crippen LogP contribution in [0.5, 0.6) is 0 Å². The fourth-order valence-electron chi connectivity index (χ4n) is 2.85. The Morgan fingerprint density at radius 2 is 2.30 bits per heavy atom. The van der Waals surface area contributed by atoms with Crippen molar-refractivity contribution >= 4 is 5.91 Å². The zero-order chi connectivity index (χ0) is 16.6. The van der Waals surface area contributed by atoms with E-state index in [2.05, 4.69) is 15.3 Å². The molecule has 23 heavy (non-hydrogen) atoms. The summed E-state index contributed by atoms with van der Waals surface area (Å²) in [5, 5.41) is 2.85. The summed E-state index contributed by atoms with van der Waals surface area (Å²) >= 11 is 0. The van der Waals surface area contributed by atoms with Gasteiger partial charge in [-0.05, 0) is 25.3 Å². The van der Waals surface area contributed by atoms with Crippen LogP contribution in [0.4, 0.5) is 13.2 Å². The number of H-pyrrole nitrogens is 1. The van der Waals surface area contributed by atoms with E-state index in [0.29, 0.717) is 37.3 Å². The first-order valence-corrected chi connectivity index (χ1v) is 7.40. The molecule has 0 saturated heterocycles. The van der Waals surface area contributed by atoms with Crippen molar-refractivity contribution in [3.05, 3.63) is 41.2 Å². The summed E-state index contributed by atoms with van der Waals surface area (Å²) in [5.41, 5.74) is 0.529. The van der Waals surface area contributed by atoms with Crippen molar-refractivity contribution in [3.63, 3.8) is 0 Å². The fourth-order valence-corrected chi connectivity index (χ4v) is 2.85. The smallest absolute Gasteiger partial charge is 0.365 e. The molecule has 2 aromatic rings. The van der Waals surface area contributed by atoms with Crippen molar-refractivity contribution < 1.29 is 18.0 Å². The van der Waals surface area contributed by atoms with Crippen molar-refractivity contribution in [2.75, 3.05) is 6.54 Å². The first kappa shape index (κ1) is 15.6. The highest BCUT2D eigenvalue weighted by Crippen LogP contribution is 2.30. The van der Waals surface area contributed by atoms with Gasteiger partial charge >= 0.3 is 6.18 Å². The Balaban J connectivity index is 1.61. The molecule has 0 spiro atoms. The molecule has 2 N–H and O–H groups in total. The van der Waals surface area contributed by atoms with Gasteiger partial charge in [-0.2, -0.15) is 13.2 Å². The van der Waals surface area contributed by atoms with Crippen molar-refractivity contribution in [1.29, 1.82) is 0 Å². The number of nitrogens with one attached hydrogen (secondary N) is 2. The molecule has 0 aliphatic carbocycles. The predicted octanol–water partition coefficient (Wildman–Crippen LogP) is 2.53. The fraction of sp³-hybridized carbons (Fsp3) is 0.467. The largest absolute Gasteiger partial charge is 0.434 e. The van der Waals surface area contributed by atoms with Gasteiger partial charge in [0.1, 0.15) is 5.82 Å². The van der Waals surface area contributed by atoms with Crippen LogP contribution in [0.2, 0.25) is 0 Å². The van der Waals surface area contributed by atoms with Crippen molar-refractivity contribution in [3.8, 4) is 0 Å². The highest BCUT2D eigenvalue weighted by atomic mass is 19.4. The topological polar surface area (TPSA) is 62.7 Å². The Hall–Kier alpha value is -2.25.